The molecule has 1 aromatic carbocycles. The molecule has 0 amide bonds. The molecule has 2 saturated heterocycles. The number of carbonyl (C=O) groups is 2. The van der Waals surface area contributed by atoms with Crippen LogP contribution < -0.4 is 15.0 Å². The first-order valence-corrected chi connectivity index (χ1v) is 10.4. The number of nitrogens with zero attached hydrogens (tertiary/aromatic N) is 2. The summed E-state index contributed by atoms with van der Waals surface area (Å²) in [4.78, 5) is 24.9. The lowest BCUT2D eigenvalue weighted by molar-refractivity contribution is -0.193. The average Bonchev–Trinajstić information content (AvgIpc) is 3.41. The number of hydrogen-bond acceptors (Lipinski definition) is 6. The number of pyridine rings is 1. The van der Waals surface area contributed by atoms with Gasteiger partial charge in [0.2, 0.25) is 0 Å². The van der Waals surface area contributed by atoms with Crippen LogP contribution in [0.5, 0.6) is 5.75 Å². The zero-order chi connectivity index (χ0) is 27.1. The van der Waals surface area contributed by atoms with Crippen molar-refractivity contribution in [3.8, 4) is 17.0 Å². The van der Waals surface area contributed by atoms with Crippen molar-refractivity contribution < 1.29 is 50.9 Å². The Bertz CT molecular complexity index is 994. The Labute approximate surface area is 201 Å². The number of aliphatic carboxylic acids is 2. The lowest BCUT2D eigenvalue weighted by Crippen LogP contribution is -2.25. The lowest BCUT2D eigenvalue weighted by Gasteiger charge is -2.19. The number of nitrogens with one attached hydrogen (secondary N) is 1. The molecule has 3 N–H and O–H groups in total. The number of halogens is 6. The van der Waals surface area contributed by atoms with E-state index >= 15 is 0 Å². The highest BCUT2D eigenvalue weighted by Crippen LogP contribution is 2.31. The second-order valence-electron chi connectivity index (χ2n) is 7.82. The number of methoxy groups -OCH3 is 1. The number of ether oxygens (including phenoxy) is 1. The van der Waals surface area contributed by atoms with Crippen molar-refractivity contribution in [2.24, 2.45) is 11.8 Å². The van der Waals surface area contributed by atoms with Crippen LogP contribution in [0.3, 0.4) is 0 Å². The van der Waals surface area contributed by atoms with E-state index in [1.807, 2.05) is 24.4 Å². The molecule has 0 spiro atoms. The Hall–Kier alpha value is -3.55. The Kier molecular flexibility index (Phi) is 9.50. The minimum Gasteiger partial charge on any atom is -0.497 e. The van der Waals surface area contributed by atoms with E-state index in [-0.39, 0.29) is 0 Å². The van der Waals surface area contributed by atoms with Crippen LogP contribution in [0.25, 0.3) is 11.3 Å². The molecule has 0 radical (unpaired) electrons. The smallest absolute Gasteiger partial charge is 0.490 e. The van der Waals surface area contributed by atoms with Gasteiger partial charge in [-0.15, -0.1) is 0 Å². The predicted molar refractivity (Wildman–Crippen MR) is 116 cm³/mol. The highest BCUT2D eigenvalue weighted by Gasteiger charge is 2.39. The first kappa shape index (κ1) is 28.7. The van der Waals surface area contributed by atoms with Gasteiger partial charge in [0, 0.05) is 31.7 Å². The number of carboxylic acids is 2. The summed E-state index contributed by atoms with van der Waals surface area (Å²) in [6, 6.07) is 12.3. The van der Waals surface area contributed by atoms with E-state index in [4.69, 9.17) is 24.5 Å². The minimum absolute atomic E-state index is 0.804. The number of carboxylic acid groups (broad SMARTS) is 2. The molecular weight excluding hydrogens is 500 g/mol. The van der Waals surface area contributed by atoms with E-state index in [2.05, 4.69) is 33.4 Å². The van der Waals surface area contributed by atoms with Crippen LogP contribution in [-0.2, 0) is 9.59 Å². The van der Waals surface area contributed by atoms with E-state index in [0.29, 0.717) is 0 Å². The standard InChI is InChI=1S/C18H21N3O.2C2HF3O2/c1-22-17-4-2-3-13(7-17)18-6-5-16(10-20-18)21-11-14-8-19-9-15(14)12-21;2*3-2(4,5)1(6)7/h2-7,10,14-15,19H,8-9,11-12H2,1H3;2*(H,6,7). The zero-order valence-corrected chi connectivity index (χ0v) is 18.8. The highest BCUT2D eigenvalue weighted by molar-refractivity contribution is 5.73. The molecule has 14 heteroatoms. The summed E-state index contributed by atoms with van der Waals surface area (Å²) in [5.41, 5.74) is 3.32. The van der Waals surface area contributed by atoms with Gasteiger partial charge in [-0.25, -0.2) is 9.59 Å². The summed E-state index contributed by atoms with van der Waals surface area (Å²) in [5, 5.41) is 17.7. The van der Waals surface area contributed by atoms with Gasteiger partial charge in [-0.3, -0.25) is 4.98 Å². The first-order chi connectivity index (χ1) is 16.7. The van der Waals surface area contributed by atoms with Crippen LogP contribution in [0, 0.1) is 11.8 Å². The van der Waals surface area contributed by atoms with Crippen molar-refractivity contribution >= 4 is 17.6 Å². The molecule has 2 aliphatic rings. The zero-order valence-electron chi connectivity index (χ0n) is 18.8. The van der Waals surface area contributed by atoms with Gasteiger partial charge in [0.05, 0.1) is 24.7 Å². The molecule has 2 aliphatic heterocycles. The molecule has 2 fully saturated rings. The summed E-state index contributed by atoms with van der Waals surface area (Å²) in [6.07, 6.45) is -8.16. The number of alkyl halides is 6. The summed E-state index contributed by atoms with van der Waals surface area (Å²) >= 11 is 0. The molecule has 8 nitrogen and oxygen atoms in total. The minimum atomic E-state index is -5.08. The van der Waals surface area contributed by atoms with E-state index in [1.165, 1.54) is 5.69 Å². The predicted octanol–water partition coefficient (Wildman–Crippen LogP) is 3.68. The molecule has 2 atom stereocenters. The van der Waals surface area contributed by atoms with Crippen LogP contribution in [0.15, 0.2) is 42.6 Å². The largest absolute Gasteiger partial charge is 0.497 e. The van der Waals surface area contributed by atoms with Crippen LogP contribution in [0.4, 0.5) is 32.0 Å². The van der Waals surface area contributed by atoms with E-state index in [1.54, 1.807) is 7.11 Å². The fraction of sp³-hybridized carbons (Fsp3) is 0.409. The van der Waals surface area contributed by atoms with Crippen molar-refractivity contribution in [2.45, 2.75) is 12.4 Å². The number of hydrogen-bond donors (Lipinski definition) is 3. The van der Waals surface area contributed by atoms with Gasteiger partial charge in [0.25, 0.3) is 0 Å². The molecule has 3 heterocycles. The van der Waals surface area contributed by atoms with Crippen LogP contribution >= 0.6 is 0 Å². The van der Waals surface area contributed by atoms with Gasteiger partial charge in [-0.05, 0) is 36.1 Å². The summed E-state index contributed by atoms with van der Waals surface area (Å²) < 4.78 is 68.8. The Morgan fingerprint density at radius 3 is 1.92 bits per heavy atom. The average molecular weight is 523 g/mol. The third-order valence-corrected chi connectivity index (χ3v) is 5.35. The van der Waals surface area contributed by atoms with Gasteiger partial charge < -0.3 is 25.2 Å². The normalized spacial score (nSPS) is 18.8. The van der Waals surface area contributed by atoms with Gasteiger partial charge in [-0.1, -0.05) is 12.1 Å². The van der Waals surface area contributed by atoms with Crippen LogP contribution in [0.2, 0.25) is 0 Å². The van der Waals surface area contributed by atoms with Crippen molar-refractivity contribution in [3.05, 3.63) is 42.6 Å². The van der Waals surface area contributed by atoms with Crippen molar-refractivity contribution in [3.63, 3.8) is 0 Å². The molecule has 198 valence electrons. The lowest BCUT2D eigenvalue weighted by atomic mass is 10.0. The van der Waals surface area contributed by atoms with Crippen LogP contribution in [0.1, 0.15) is 0 Å². The number of rotatable bonds is 3. The third kappa shape index (κ3) is 8.29. The maximum Gasteiger partial charge on any atom is 0.490 e. The van der Waals surface area contributed by atoms with Crippen molar-refractivity contribution in [1.29, 1.82) is 0 Å². The van der Waals surface area contributed by atoms with Gasteiger partial charge in [-0.2, -0.15) is 26.3 Å². The molecular formula is C22H23F6N3O5. The summed E-state index contributed by atoms with van der Waals surface area (Å²) in [7, 11) is 1.69. The molecule has 36 heavy (non-hydrogen) atoms. The fourth-order valence-electron chi connectivity index (χ4n) is 3.59. The molecule has 4 rings (SSSR count). The second kappa shape index (κ2) is 11.9. The molecule has 2 aromatic rings. The number of aromatic nitrogens is 1. The van der Waals surface area contributed by atoms with Crippen molar-refractivity contribution in [2.75, 3.05) is 38.2 Å². The number of benzene rings is 1. The van der Waals surface area contributed by atoms with Crippen LogP contribution in [-0.4, -0.2) is 72.8 Å². The van der Waals surface area contributed by atoms with E-state index < -0.39 is 24.3 Å². The SMILES string of the molecule is COc1cccc(-c2ccc(N3CC4CNCC4C3)cn2)c1.O=C(O)C(F)(F)F.O=C(O)C(F)(F)F. The molecule has 1 aromatic heterocycles. The van der Waals surface area contributed by atoms with Gasteiger partial charge in [0.1, 0.15) is 5.75 Å². The number of anilines is 1. The molecule has 0 aliphatic carbocycles. The second-order valence-corrected chi connectivity index (χ2v) is 7.82. The molecule has 0 saturated carbocycles. The monoisotopic (exact) mass is 523 g/mol. The van der Waals surface area contributed by atoms with Crippen molar-refractivity contribution in [1.82, 2.24) is 10.3 Å². The number of fused-ring (bicyclic) bond motifs is 1. The summed E-state index contributed by atoms with van der Waals surface area (Å²) in [6.45, 7) is 4.63. The third-order valence-electron chi connectivity index (χ3n) is 5.35. The van der Waals surface area contributed by atoms with E-state index in [0.717, 1.165) is 55.0 Å². The summed E-state index contributed by atoms with van der Waals surface area (Å²) in [5.74, 6) is -3.04. The van der Waals surface area contributed by atoms with E-state index in [9.17, 15) is 26.3 Å². The topological polar surface area (TPSA) is 112 Å². The molecule has 0 bridgehead atoms. The molecule has 2 unspecified atom stereocenters. The Balaban J connectivity index is 0.000000271. The highest BCUT2D eigenvalue weighted by atomic mass is 19.4. The maximum atomic E-state index is 10.6. The van der Waals surface area contributed by atoms with Gasteiger partial charge >= 0.3 is 24.3 Å². The maximum absolute atomic E-state index is 10.6. The Morgan fingerprint density at radius 1 is 0.972 bits per heavy atom. The quantitative estimate of drug-likeness (QED) is 0.523. The first-order valence-electron chi connectivity index (χ1n) is 10.4. The fourth-order valence-corrected chi connectivity index (χ4v) is 3.59. The van der Waals surface area contributed by atoms with Gasteiger partial charge in [0.15, 0.2) is 0 Å². The Morgan fingerprint density at radius 2 is 1.50 bits per heavy atom.